The predicted octanol–water partition coefficient (Wildman–Crippen LogP) is 4.43. The van der Waals surface area contributed by atoms with Gasteiger partial charge in [-0.15, -0.1) is 0 Å². The second-order valence-corrected chi connectivity index (χ2v) is 9.75. The van der Waals surface area contributed by atoms with Gasteiger partial charge in [-0.25, -0.2) is 0 Å². The van der Waals surface area contributed by atoms with Crippen LogP contribution in [0.2, 0.25) is 0 Å². The molecule has 0 fully saturated rings. The van der Waals surface area contributed by atoms with E-state index in [1.54, 1.807) is 25.1 Å². The number of aryl methyl sites for hydroxylation is 1. The molecule has 202 valence electrons. The molecule has 5 rings (SSSR count). The smallest absolute Gasteiger partial charge is 0.251 e. The van der Waals surface area contributed by atoms with Gasteiger partial charge in [-0.3, -0.25) is 9.59 Å². The summed E-state index contributed by atoms with van der Waals surface area (Å²) >= 11 is 0. The van der Waals surface area contributed by atoms with E-state index in [4.69, 9.17) is 10.3 Å². The third-order valence-corrected chi connectivity index (χ3v) is 6.74. The Bertz CT molecular complexity index is 1620. The van der Waals surface area contributed by atoms with Gasteiger partial charge in [0.25, 0.3) is 5.91 Å². The molecule has 1 unspecified atom stereocenters. The Balaban J connectivity index is 1.43. The molecule has 0 radical (unpaired) electrons. The molecular weight excluding hydrogens is 502 g/mol. The summed E-state index contributed by atoms with van der Waals surface area (Å²) in [7, 11) is 0. The maximum atomic E-state index is 13.8. The Morgan fingerprint density at radius 1 is 0.800 bits per heavy atom. The molecule has 0 aliphatic carbocycles. The minimum atomic E-state index is -0.863. The van der Waals surface area contributed by atoms with Crippen molar-refractivity contribution in [2.75, 3.05) is 0 Å². The Kier molecular flexibility index (Phi) is 8.27. The van der Waals surface area contributed by atoms with Gasteiger partial charge in [0, 0.05) is 24.9 Å². The topological polar surface area (TPSA) is 123 Å². The number of hydrogen-bond donors (Lipinski definition) is 3. The van der Waals surface area contributed by atoms with Crippen LogP contribution in [-0.4, -0.2) is 28.0 Å². The molecule has 1 heterocycles. The number of nitrogens with two attached hydrogens (primary N) is 1. The van der Waals surface area contributed by atoms with Gasteiger partial charge in [0.05, 0.1) is 0 Å². The van der Waals surface area contributed by atoms with Crippen LogP contribution in [0, 0.1) is 6.92 Å². The van der Waals surface area contributed by atoms with Gasteiger partial charge in [0.2, 0.25) is 11.8 Å². The summed E-state index contributed by atoms with van der Waals surface area (Å²) in [5.41, 5.74) is 8.96. The minimum absolute atomic E-state index is 0.292. The highest BCUT2D eigenvalue weighted by molar-refractivity contribution is 5.98. The molecule has 0 aliphatic rings. The zero-order valence-electron chi connectivity index (χ0n) is 22.2. The van der Waals surface area contributed by atoms with Gasteiger partial charge in [-0.1, -0.05) is 90.1 Å². The summed E-state index contributed by atoms with van der Waals surface area (Å²) in [5, 5.41) is 12.1. The lowest BCUT2D eigenvalue weighted by atomic mass is 9.99. The van der Waals surface area contributed by atoms with E-state index in [1.165, 1.54) is 0 Å². The first-order valence-electron chi connectivity index (χ1n) is 13.2. The van der Waals surface area contributed by atoms with Gasteiger partial charge in [-0.2, -0.15) is 4.98 Å². The fourth-order valence-corrected chi connectivity index (χ4v) is 4.67. The highest BCUT2D eigenvalue weighted by Crippen LogP contribution is 2.20. The number of carbonyl (C=O) groups excluding carboxylic acids is 2. The third-order valence-electron chi connectivity index (χ3n) is 6.74. The number of nitrogens with one attached hydrogen (secondary N) is 2. The Labute approximate surface area is 232 Å². The molecular formula is C32H31N5O3. The predicted molar refractivity (Wildman–Crippen MR) is 153 cm³/mol. The van der Waals surface area contributed by atoms with E-state index in [0.717, 1.165) is 27.5 Å². The largest absolute Gasteiger partial charge is 0.342 e. The second-order valence-electron chi connectivity index (χ2n) is 9.75. The molecule has 8 heteroatoms. The van der Waals surface area contributed by atoms with Crippen molar-refractivity contribution in [3.63, 3.8) is 0 Å². The summed E-state index contributed by atoms with van der Waals surface area (Å²) < 4.78 is 5.45. The molecule has 1 aromatic heterocycles. The van der Waals surface area contributed by atoms with Crippen LogP contribution in [0.1, 0.15) is 44.8 Å². The normalized spacial score (nSPS) is 12.6. The van der Waals surface area contributed by atoms with Crippen molar-refractivity contribution in [3.05, 3.63) is 131 Å². The van der Waals surface area contributed by atoms with Crippen molar-refractivity contribution in [3.8, 4) is 0 Å². The Morgan fingerprint density at radius 2 is 1.55 bits per heavy atom. The zero-order chi connectivity index (χ0) is 27.9. The number of benzene rings is 4. The number of hydrogen-bond acceptors (Lipinski definition) is 6. The molecule has 0 saturated heterocycles. The van der Waals surface area contributed by atoms with Gasteiger partial charge in [-0.05, 0) is 46.5 Å². The fraction of sp³-hybridized carbons (Fsp3) is 0.188. The first kappa shape index (κ1) is 26.8. The summed E-state index contributed by atoms with van der Waals surface area (Å²) in [6, 6.07) is 29.5. The minimum Gasteiger partial charge on any atom is -0.342 e. The molecule has 4 aromatic carbocycles. The Morgan fingerprint density at radius 3 is 2.30 bits per heavy atom. The maximum Gasteiger partial charge on any atom is 0.251 e. The number of carbonyl (C=O) groups is 2. The second kappa shape index (κ2) is 12.4. The van der Waals surface area contributed by atoms with Crippen molar-refractivity contribution in [1.82, 2.24) is 20.8 Å². The molecule has 2 atom stereocenters. The van der Waals surface area contributed by atoms with Gasteiger partial charge < -0.3 is 20.9 Å². The standard InChI is InChI=1S/C32H31N5O3/c1-21-34-32(40-37-21)29(18-22-8-3-2-4-9-22)36-31(39)28(35-30(38)27-13-7-10-24(17-27)20-33)19-23-14-15-25-11-5-6-12-26(25)16-23/h2-17,28-29H,18-20,33H2,1H3,(H,35,38)(H,36,39)/t28-,29?/m1/s1. The van der Waals surface area contributed by atoms with E-state index < -0.39 is 12.1 Å². The van der Waals surface area contributed by atoms with Gasteiger partial charge in [0.1, 0.15) is 12.1 Å². The SMILES string of the molecule is Cc1noc(C(Cc2ccccc2)NC(=O)[C@@H](Cc2ccc3ccccc3c2)NC(=O)c2cccc(CN)c2)n1. The van der Waals surface area contributed by atoms with E-state index in [1.807, 2.05) is 78.9 Å². The molecule has 0 spiro atoms. The fourth-order valence-electron chi connectivity index (χ4n) is 4.67. The van der Waals surface area contributed by atoms with Gasteiger partial charge in [0.15, 0.2) is 5.82 Å². The first-order valence-corrected chi connectivity index (χ1v) is 13.2. The third kappa shape index (κ3) is 6.59. The first-order chi connectivity index (χ1) is 19.5. The molecule has 40 heavy (non-hydrogen) atoms. The van der Waals surface area contributed by atoms with Crippen LogP contribution < -0.4 is 16.4 Å². The summed E-state index contributed by atoms with van der Waals surface area (Å²) in [6.07, 6.45) is 0.739. The Hall–Kier alpha value is -4.82. The molecule has 0 saturated carbocycles. The average molecular weight is 534 g/mol. The molecule has 0 aliphatic heterocycles. The van der Waals surface area contributed by atoms with Gasteiger partial charge >= 0.3 is 0 Å². The van der Waals surface area contributed by atoms with E-state index in [-0.39, 0.29) is 11.8 Å². The monoisotopic (exact) mass is 533 g/mol. The van der Waals surface area contributed by atoms with Crippen LogP contribution in [-0.2, 0) is 24.2 Å². The summed E-state index contributed by atoms with van der Waals surface area (Å²) in [4.78, 5) is 31.5. The maximum absolute atomic E-state index is 13.8. The zero-order valence-corrected chi connectivity index (χ0v) is 22.2. The van der Waals surface area contributed by atoms with Crippen LogP contribution in [0.3, 0.4) is 0 Å². The molecule has 8 nitrogen and oxygen atoms in total. The van der Waals surface area contributed by atoms with Crippen molar-refractivity contribution in [2.24, 2.45) is 5.73 Å². The summed E-state index contributed by atoms with van der Waals surface area (Å²) in [5.74, 6) is 0.0713. The number of rotatable bonds is 10. The summed E-state index contributed by atoms with van der Waals surface area (Å²) in [6.45, 7) is 2.04. The van der Waals surface area contributed by atoms with E-state index in [9.17, 15) is 9.59 Å². The van der Waals surface area contributed by atoms with Crippen molar-refractivity contribution >= 4 is 22.6 Å². The highest BCUT2D eigenvalue weighted by atomic mass is 16.5. The molecule has 4 N–H and O–H groups in total. The van der Waals surface area contributed by atoms with E-state index >= 15 is 0 Å². The number of fused-ring (bicyclic) bond motifs is 1. The van der Waals surface area contributed by atoms with Crippen molar-refractivity contribution < 1.29 is 14.1 Å². The number of aromatic nitrogens is 2. The van der Waals surface area contributed by atoms with Crippen molar-refractivity contribution in [2.45, 2.75) is 38.4 Å². The average Bonchev–Trinajstić information content (AvgIpc) is 3.43. The number of amides is 2. The van der Waals surface area contributed by atoms with Crippen LogP contribution in [0.25, 0.3) is 10.8 Å². The quantitative estimate of drug-likeness (QED) is 0.244. The number of nitrogens with zero attached hydrogens (tertiary/aromatic N) is 2. The van der Waals surface area contributed by atoms with Crippen LogP contribution >= 0.6 is 0 Å². The van der Waals surface area contributed by atoms with E-state index in [0.29, 0.717) is 36.7 Å². The lowest BCUT2D eigenvalue weighted by Gasteiger charge is -2.22. The lowest BCUT2D eigenvalue weighted by Crippen LogP contribution is -2.49. The molecule has 5 aromatic rings. The van der Waals surface area contributed by atoms with Crippen molar-refractivity contribution in [1.29, 1.82) is 0 Å². The van der Waals surface area contributed by atoms with Crippen LogP contribution in [0.15, 0.2) is 102 Å². The van der Waals surface area contributed by atoms with Crippen LogP contribution in [0.5, 0.6) is 0 Å². The highest BCUT2D eigenvalue weighted by Gasteiger charge is 2.28. The van der Waals surface area contributed by atoms with E-state index in [2.05, 4.69) is 20.8 Å². The molecule has 2 amide bonds. The van der Waals surface area contributed by atoms with Crippen LogP contribution in [0.4, 0.5) is 0 Å². The molecule has 0 bridgehead atoms. The lowest BCUT2D eigenvalue weighted by molar-refractivity contribution is -0.123.